The van der Waals surface area contributed by atoms with E-state index in [9.17, 15) is 14.4 Å². The first kappa shape index (κ1) is 30.9. The zero-order valence-corrected chi connectivity index (χ0v) is 24.2. The highest BCUT2D eigenvalue weighted by Gasteiger charge is 2.50. The van der Waals surface area contributed by atoms with Gasteiger partial charge < -0.3 is 13.9 Å². The third kappa shape index (κ3) is 7.85. The van der Waals surface area contributed by atoms with E-state index >= 15 is 4.39 Å². The molecule has 9 heteroatoms. The number of carbonyl (C=O) groups excluding carboxylic acids is 3. The number of nitrogens with zero attached hydrogens (tertiary/aromatic N) is 1. The van der Waals surface area contributed by atoms with Crippen LogP contribution in [-0.4, -0.2) is 56.5 Å². The topological polar surface area (TPSA) is 82.1 Å². The summed E-state index contributed by atoms with van der Waals surface area (Å²) >= 11 is 0. The Morgan fingerprint density at radius 1 is 0.895 bits per heavy atom. The number of amides is 2. The molecule has 0 saturated carbocycles. The lowest BCUT2D eigenvalue weighted by molar-refractivity contribution is -0.159. The molecule has 2 amide bonds. The predicted octanol–water partition coefficient (Wildman–Crippen LogP) is 4.74. The van der Waals surface area contributed by atoms with Crippen LogP contribution in [0.3, 0.4) is 0 Å². The van der Waals surface area contributed by atoms with Gasteiger partial charge in [-0.1, -0.05) is 81.4 Å². The zero-order chi connectivity index (χ0) is 28.6. The van der Waals surface area contributed by atoms with E-state index in [4.69, 9.17) is 13.9 Å². The third-order valence-electron chi connectivity index (χ3n) is 5.64. The maximum Gasteiger partial charge on any atom is 0.417 e. The minimum Gasteiger partial charge on any atom is -0.459 e. The molecule has 0 N–H and O–H groups in total. The summed E-state index contributed by atoms with van der Waals surface area (Å²) in [4.78, 5) is 37.6. The number of rotatable bonds is 8. The average Bonchev–Trinajstić information content (AvgIpc) is 2.84. The maximum atomic E-state index is 15.2. The van der Waals surface area contributed by atoms with Crippen molar-refractivity contribution in [3.05, 3.63) is 72.6 Å². The first-order chi connectivity index (χ1) is 17.7. The van der Waals surface area contributed by atoms with Gasteiger partial charge in [-0.05, 0) is 49.2 Å². The molecule has 0 atom stereocenters. The van der Waals surface area contributed by atoms with E-state index in [1.807, 2.05) is 60.7 Å². The zero-order valence-electron chi connectivity index (χ0n) is 23.2. The Hall–Kier alpha value is -3.30. The van der Waals surface area contributed by atoms with Gasteiger partial charge in [0.05, 0.1) is 19.8 Å². The SMILES string of the molecule is CCOC(=O)C(=O)N(C/C(F)=C/CO[Si](c1ccccc1)(c1ccccc1)C(C)(C)C)C(=O)OC(C)(C)C. The molecule has 0 heterocycles. The summed E-state index contributed by atoms with van der Waals surface area (Å²) < 4.78 is 31.7. The number of hydrogen-bond acceptors (Lipinski definition) is 6. The molecule has 0 aliphatic heterocycles. The highest BCUT2D eigenvalue weighted by molar-refractivity contribution is 6.99. The predicted molar refractivity (Wildman–Crippen MR) is 147 cm³/mol. The van der Waals surface area contributed by atoms with Gasteiger partial charge in [0.2, 0.25) is 0 Å². The van der Waals surface area contributed by atoms with Gasteiger partial charge in [0.25, 0.3) is 8.32 Å². The number of imide groups is 1. The second-order valence-corrected chi connectivity index (χ2v) is 15.0. The Kier molecular flexibility index (Phi) is 10.6. The number of hydrogen-bond donors (Lipinski definition) is 0. The van der Waals surface area contributed by atoms with Crippen LogP contribution in [0.4, 0.5) is 9.18 Å². The fourth-order valence-corrected chi connectivity index (χ4v) is 8.56. The van der Waals surface area contributed by atoms with Gasteiger partial charge in [-0.2, -0.15) is 0 Å². The molecule has 38 heavy (non-hydrogen) atoms. The second kappa shape index (κ2) is 13.0. The molecule has 7 nitrogen and oxygen atoms in total. The van der Waals surface area contributed by atoms with Crippen molar-refractivity contribution in [3.63, 3.8) is 0 Å². The van der Waals surface area contributed by atoms with E-state index in [-0.39, 0.29) is 18.3 Å². The van der Waals surface area contributed by atoms with Crippen LogP contribution in [0.15, 0.2) is 72.6 Å². The Bertz CT molecular complexity index is 1080. The average molecular weight is 544 g/mol. The Morgan fingerprint density at radius 3 is 1.82 bits per heavy atom. The Balaban J connectivity index is 2.38. The van der Waals surface area contributed by atoms with Crippen LogP contribution in [-0.2, 0) is 23.5 Å². The van der Waals surface area contributed by atoms with E-state index in [0.29, 0.717) is 4.90 Å². The molecule has 2 aromatic rings. The summed E-state index contributed by atoms with van der Waals surface area (Å²) in [5.41, 5.74) is -0.961. The van der Waals surface area contributed by atoms with Crippen LogP contribution in [0, 0.1) is 0 Å². The standard InChI is InChI=1S/C29H38FNO6Si/c1-8-35-26(33)25(32)31(27(34)37-28(2,3)4)21-22(30)19-20-36-38(29(5,6)7,23-15-11-9-12-16-23)24-17-13-10-14-18-24/h9-19H,8,20-21H2,1-7H3/b22-19-. The van der Waals surface area contributed by atoms with E-state index < -0.39 is 44.3 Å². The van der Waals surface area contributed by atoms with Crippen molar-refractivity contribution in [3.8, 4) is 0 Å². The summed E-state index contributed by atoms with van der Waals surface area (Å²) in [6, 6.07) is 19.7. The molecule has 0 aliphatic rings. The summed E-state index contributed by atoms with van der Waals surface area (Å²) in [5, 5.41) is 1.74. The van der Waals surface area contributed by atoms with Crippen LogP contribution in [0.25, 0.3) is 0 Å². The van der Waals surface area contributed by atoms with Gasteiger partial charge in [-0.25, -0.2) is 18.9 Å². The molecule has 0 fully saturated rings. The van der Waals surface area contributed by atoms with Crippen molar-refractivity contribution >= 4 is 36.7 Å². The molecule has 0 saturated heterocycles. The highest BCUT2D eigenvalue weighted by Crippen LogP contribution is 2.36. The molecule has 2 aromatic carbocycles. The Labute approximate surface area is 225 Å². The van der Waals surface area contributed by atoms with Crippen molar-refractivity contribution in [1.29, 1.82) is 0 Å². The van der Waals surface area contributed by atoms with Gasteiger partial charge in [0, 0.05) is 0 Å². The summed E-state index contributed by atoms with van der Waals surface area (Å²) in [7, 11) is -2.92. The molecule has 0 bridgehead atoms. The van der Waals surface area contributed by atoms with E-state index in [2.05, 4.69) is 20.8 Å². The molecule has 0 aliphatic carbocycles. The molecule has 0 aromatic heterocycles. The van der Waals surface area contributed by atoms with E-state index in [0.717, 1.165) is 10.4 Å². The molecule has 0 unspecified atom stereocenters. The minimum atomic E-state index is -2.92. The van der Waals surface area contributed by atoms with Crippen LogP contribution in [0.5, 0.6) is 0 Å². The lowest BCUT2D eigenvalue weighted by Gasteiger charge is -2.42. The molecule has 0 radical (unpaired) electrons. The maximum absolute atomic E-state index is 15.2. The van der Waals surface area contributed by atoms with Gasteiger partial charge >= 0.3 is 18.0 Å². The smallest absolute Gasteiger partial charge is 0.417 e. The van der Waals surface area contributed by atoms with Crippen LogP contribution < -0.4 is 10.4 Å². The number of benzene rings is 2. The number of halogens is 1. The largest absolute Gasteiger partial charge is 0.459 e. The van der Waals surface area contributed by atoms with Crippen molar-refractivity contribution in [2.75, 3.05) is 19.8 Å². The van der Waals surface area contributed by atoms with E-state index in [1.165, 1.54) is 13.0 Å². The van der Waals surface area contributed by atoms with Crippen LogP contribution in [0.1, 0.15) is 48.5 Å². The normalized spacial score (nSPS) is 12.6. The Morgan fingerprint density at radius 2 is 1.39 bits per heavy atom. The monoisotopic (exact) mass is 543 g/mol. The fourth-order valence-electron chi connectivity index (χ4n) is 4.07. The lowest BCUT2D eigenvalue weighted by Crippen LogP contribution is -2.66. The first-order valence-corrected chi connectivity index (χ1v) is 14.4. The number of carbonyl (C=O) groups is 3. The van der Waals surface area contributed by atoms with Gasteiger partial charge in [0.1, 0.15) is 11.4 Å². The molecule has 2 rings (SSSR count). The quantitative estimate of drug-likeness (QED) is 0.272. The fraction of sp³-hybridized carbons (Fsp3) is 0.414. The van der Waals surface area contributed by atoms with Crippen molar-refractivity contribution in [2.45, 2.75) is 59.1 Å². The van der Waals surface area contributed by atoms with Crippen molar-refractivity contribution in [2.24, 2.45) is 0 Å². The number of ether oxygens (including phenoxy) is 2. The van der Waals surface area contributed by atoms with Crippen LogP contribution >= 0.6 is 0 Å². The van der Waals surface area contributed by atoms with E-state index in [1.54, 1.807) is 20.8 Å². The highest BCUT2D eigenvalue weighted by atomic mass is 28.4. The molecule has 206 valence electrons. The molecule has 0 spiro atoms. The summed E-state index contributed by atoms with van der Waals surface area (Å²) in [6.07, 6.45) is 0.0295. The van der Waals surface area contributed by atoms with Gasteiger partial charge in [-0.15, -0.1) is 0 Å². The number of esters is 1. The van der Waals surface area contributed by atoms with Gasteiger partial charge in [-0.3, -0.25) is 4.79 Å². The third-order valence-corrected chi connectivity index (χ3v) is 10.6. The summed E-state index contributed by atoms with van der Waals surface area (Å²) in [6.45, 7) is 11.6. The van der Waals surface area contributed by atoms with Gasteiger partial charge in [0.15, 0.2) is 0 Å². The molecular formula is C29H38FNO6Si. The summed E-state index contributed by atoms with van der Waals surface area (Å²) in [5.74, 6) is -3.40. The lowest BCUT2D eigenvalue weighted by atomic mass is 10.2. The van der Waals surface area contributed by atoms with Crippen molar-refractivity contribution in [1.82, 2.24) is 4.90 Å². The first-order valence-electron chi connectivity index (χ1n) is 12.5. The minimum absolute atomic E-state index is 0.0720. The van der Waals surface area contributed by atoms with Crippen molar-refractivity contribution < 1.29 is 32.7 Å². The molecular weight excluding hydrogens is 505 g/mol. The van der Waals surface area contributed by atoms with Crippen LogP contribution in [0.2, 0.25) is 5.04 Å². The second-order valence-electron chi connectivity index (χ2n) is 10.7.